The number of allylic oxidation sites excluding steroid dienone is 1. The maximum Gasteiger partial charge on any atom is 0.416 e. The van der Waals surface area contributed by atoms with Crippen molar-refractivity contribution in [3.8, 4) is 0 Å². The highest BCUT2D eigenvalue weighted by atomic mass is 19.4. The molecule has 2 atom stereocenters. The summed E-state index contributed by atoms with van der Waals surface area (Å²) in [5.41, 5.74) is 7.55. The van der Waals surface area contributed by atoms with E-state index in [1.54, 1.807) is 11.8 Å². The van der Waals surface area contributed by atoms with Gasteiger partial charge in [0.05, 0.1) is 18.5 Å². The second kappa shape index (κ2) is 11.9. The molecule has 0 unspecified atom stereocenters. The maximum absolute atomic E-state index is 14.1. The topological polar surface area (TPSA) is 83.2 Å². The van der Waals surface area contributed by atoms with E-state index in [1.165, 1.54) is 12.1 Å². The third-order valence-electron chi connectivity index (χ3n) is 7.64. The fourth-order valence-electron chi connectivity index (χ4n) is 5.32. The molecule has 0 aromatic heterocycles. The standard InChI is InChI=1S/C27H35F4N5O2/c1-17(18(2)36-9-5-19-3-4-21(27(29,30)31)13-20(19)14-36)25(33-16-32)26(37)35-10-6-22(7-11-35)34-24-8-12-38-15-23(24)28/h3-4,13,16,22-24,34H,2,5-12,14-15H2,1H3,(H2,32,33)/b25-17-/t23-,24+/m1/s1. The number of hydrogen-bond acceptors (Lipinski definition) is 5. The summed E-state index contributed by atoms with van der Waals surface area (Å²) in [7, 11) is 0. The van der Waals surface area contributed by atoms with Crippen LogP contribution < -0.4 is 11.1 Å². The van der Waals surface area contributed by atoms with Crippen molar-refractivity contribution < 1.29 is 27.1 Å². The zero-order valence-corrected chi connectivity index (χ0v) is 21.6. The molecule has 0 saturated carbocycles. The summed E-state index contributed by atoms with van der Waals surface area (Å²) in [6, 6.07) is 3.70. The lowest BCUT2D eigenvalue weighted by atomic mass is 9.96. The number of alkyl halides is 4. The summed E-state index contributed by atoms with van der Waals surface area (Å²) < 4.78 is 59.0. The van der Waals surface area contributed by atoms with Crippen LogP contribution in [0.15, 0.2) is 46.7 Å². The second-order valence-electron chi connectivity index (χ2n) is 10.1. The Balaban J connectivity index is 1.42. The molecule has 3 aliphatic heterocycles. The van der Waals surface area contributed by atoms with Crippen LogP contribution in [-0.2, 0) is 28.7 Å². The number of halogens is 4. The highest BCUT2D eigenvalue weighted by molar-refractivity contribution is 5.95. The third-order valence-corrected chi connectivity index (χ3v) is 7.64. The van der Waals surface area contributed by atoms with Gasteiger partial charge >= 0.3 is 6.18 Å². The van der Waals surface area contributed by atoms with Crippen molar-refractivity contribution >= 4 is 12.2 Å². The Kier molecular flexibility index (Phi) is 8.77. The van der Waals surface area contributed by atoms with Crippen LogP contribution >= 0.6 is 0 Å². The number of nitrogens with two attached hydrogens (primary N) is 1. The molecule has 208 valence electrons. The number of ether oxygens (including phenoxy) is 1. The Labute approximate surface area is 220 Å². The van der Waals surface area contributed by atoms with Gasteiger partial charge in [-0.15, -0.1) is 0 Å². The quantitative estimate of drug-likeness (QED) is 0.191. The van der Waals surface area contributed by atoms with Gasteiger partial charge in [0.15, 0.2) is 0 Å². The predicted molar refractivity (Wildman–Crippen MR) is 137 cm³/mol. The number of nitrogens with one attached hydrogen (secondary N) is 1. The number of carbonyl (C=O) groups excluding carboxylic acids is 1. The van der Waals surface area contributed by atoms with Gasteiger partial charge in [0.25, 0.3) is 5.91 Å². The van der Waals surface area contributed by atoms with Gasteiger partial charge < -0.3 is 25.6 Å². The molecular formula is C27H35F4N5O2. The van der Waals surface area contributed by atoms with Crippen LogP contribution in [0.1, 0.15) is 42.9 Å². The smallest absolute Gasteiger partial charge is 0.390 e. The Hall–Kier alpha value is -2.92. The Morgan fingerprint density at radius 2 is 1.92 bits per heavy atom. The molecule has 3 N–H and O–H groups in total. The van der Waals surface area contributed by atoms with E-state index in [1.807, 2.05) is 4.90 Å². The number of hydrogen-bond donors (Lipinski definition) is 2. The Morgan fingerprint density at radius 1 is 1.18 bits per heavy atom. The van der Waals surface area contributed by atoms with Gasteiger partial charge in [-0.3, -0.25) is 4.79 Å². The molecule has 7 nitrogen and oxygen atoms in total. The Bertz CT molecular complexity index is 1100. The number of amides is 1. The van der Waals surface area contributed by atoms with Gasteiger partial charge in [0.1, 0.15) is 11.9 Å². The lowest BCUT2D eigenvalue weighted by Gasteiger charge is -2.37. The van der Waals surface area contributed by atoms with Crippen LogP contribution in [-0.4, -0.2) is 73.1 Å². The lowest BCUT2D eigenvalue weighted by Crippen LogP contribution is -2.52. The van der Waals surface area contributed by atoms with E-state index in [2.05, 4.69) is 16.9 Å². The lowest BCUT2D eigenvalue weighted by molar-refractivity contribution is -0.137. The summed E-state index contributed by atoms with van der Waals surface area (Å²) in [6.07, 6.45) is -1.84. The number of likely N-dealkylation sites (tertiary alicyclic amines) is 1. The van der Waals surface area contributed by atoms with E-state index >= 15 is 0 Å². The molecule has 0 spiro atoms. The van der Waals surface area contributed by atoms with Crippen molar-refractivity contribution in [2.24, 2.45) is 10.7 Å². The third kappa shape index (κ3) is 6.37. The molecule has 4 rings (SSSR count). The molecule has 0 bridgehead atoms. The summed E-state index contributed by atoms with van der Waals surface area (Å²) in [4.78, 5) is 21.2. The first kappa shape index (κ1) is 28.1. The van der Waals surface area contributed by atoms with Crippen molar-refractivity contribution in [2.75, 3.05) is 32.8 Å². The second-order valence-corrected chi connectivity index (χ2v) is 10.1. The molecule has 2 fully saturated rings. The summed E-state index contributed by atoms with van der Waals surface area (Å²) >= 11 is 0. The van der Waals surface area contributed by atoms with E-state index in [0.29, 0.717) is 68.8 Å². The monoisotopic (exact) mass is 537 g/mol. The molecule has 11 heteroatoms. The predicted octanol–water partition coefficient (Wildman–Crippen LogP) is 3.55. The highest BCUT2D eigenvalue weighted by Crippen LogP contribution is 2.33. The fraction of sp³-hybridized carbons (Fsp3) is 0.556. The van der Waals surface area contributed by atoms with Crippen molar-refractivity contribution in [1.29, 1.82) is 0 Å². The Morgan fingerprint density at radius 3 is 2.58 bits per heavy atom. The number of rotatable bonds is 6. The van der Waals surface area contributed by atoms with Gasteiger partial charge in [-0.25, -0.2) is 9.38 Å². The van der Waals surface area contributed by atoms with Gasteiger partial charge in [-0.05, 0) is 55.9 Å². The van der Waals surface area contributed by atoms with Crippen molar-refractivity contribution in [3.63, 3.8) is 0 Å². The fourth-order valence-corrected chi connectivity index (χ4v) is 5.32. The minimum Gasteiger partial charge on any atom is -0.390 e. The van der Waals surface area contributed by atoms with E-state index in [0.717, 1.165) is 18.0 Å². The van der Waals surface area contributed by atoms with Gasteiger partial charge in [0, 0.05) is 56.1 Å². The minimum atomic E-state index is -4.42. The van der Waals surface area contributed by atoms with E-state index in [4.69, 9.17) is 10.5 Å². The van der Waals surface area contributed by atoms with Gasteiger partial charge in [-0.2, -0.15) is 13.2 Å². The largest absolute Gasteiger partial charge is 0.416 e. The summed E-state index contributed by atoms with van der Waals surface area (Å²) in [5, 5.41) is 3.38. The van der Waals surface area contributed by atoms with Crippen LogP contribution in [0, 0.1) is 0 Å². The van der Waals surface area contributed by atoms with Crippen LogP contribution in [0.4, 0.5) is 17.6 Å². The van der Waals surface area contributed by atoms with E-state index < -0.39 is 17.9 Å². The SMILES string of the molecule is C=C(/C(C)=C(\N=C/N)C(=O)N1CCC(N[C@H]2CCOC[C@H]2F)CC1)N1CCc2ccc(C(F)(F)F)cc2C1. The highest BCUT2D eigenvalue weighted by Gasteiger charge is 2.33. The normalized spacial score (nSPS) is 23.8. The maximum atomic E-state index is 14.1. The number of carbonyl (C=O) groups is 1. The molecule has 1 aromatic carbocycles. The number of nitrogens with zero attached hydrogens (tertiary/aromatic N) is 3. The van der Waals surface area contributed by atoms with Crippen LogP contribution in [0.3, 0.4) is 0 Å². The zero-order chi connectivity index (χ0) is 27.4. The van der Waals surface area contributed by atoms with Crippen LogP contribution in [0.25, 0.3) is 0 Å². The number of fused-ring (bicyclic) bond motifs is 1. The average Bonchev–Trinajstić information content (AvgIpc) is 2.91. The summed E-state index contributed by atoms with van der Waals surface area (Å²) in [6.45, 7) is 8.29. The zero-order valence-electron chi connectivity index (χ0n) is 21.6. The molecular weight excluding hydrogens is 502 g/mol. The van der Waals surface area contributed by atoms with Crippen LogP contribution in [0.2, 0.25) is 0 Å². The number of piperidine rings is 1. The number of aliphatic imine (C=N–C) groups is 1. The molecule has 2 saturated heterocycles. The van der Waals surface area contributed by atoms with Gasteiger partial charge in [0.2, 0.25) is 0 Å². The van der Waals surface area contributed by atoms with Crippen LogP contribution in [0.5, 0.6) is 0 Å². The van der Waals surface area contributed by atoms with Gasteiger partial charge in [-0.1, -0.05) is 12.6 Å². The molecule has 0 aliphatic carbocycles. The molecule has 38 heavy (non-hydrogen) atoms. The first-order chi connectivity index (χ1) is 18.1. The molecule has 3 aliphatic rings. The van der Waals surface area contributed by atoms with Crippen molar-refractivity contribution in [1.82, 2.24) is 15.1 Å². The first-order valence-electron chi connectivity index (χ1n) is 12.9. The van der Waals surface area contributed by atoms with E-state index in [9.17, 15) is 22.4 Å². The van der Waals surface area contributed by atoms with E-state index in [-0.39, 0.29) is 36.8 Å². The molecule has 3 heterocycles. The molecule has 0 radical (unpaired) electrons. The average molecular weight is 538 g/mol. The molecule has 1 amide bonds. The minimum absolute atomic E-state index is 0.107. The number of benzene rings is 1. The van der Waals surface area contributed by atoms with Crippen molar-refractivity contribution in [2.45, 2.75) is 63.6 Å². The summed E-state index contributed by atoms with van der Waals surface area (Å²) in [5.74, 6) is -0.282. The van der Waals surface area contributed by atoms with Crippen molar-refractivity contribution in [3.05, 3.63) is 58.4 Å². The molecule has 1 aromatic rings. The first-order valence-corrected chi connectivity index (χ1v) is 12.9.